The van der Waals surface area contributed by atoms with Gasteiger partial charge in [0, 0.05) is 23.6 Å². The first-order valence-corrected chi connectivity index (χ1v) is 7.38. The molecule has 2 aromatic carbocycles. The fraction of sp³-hybridized carbons (Fsp3) is 0.278. The van der Waals surface area contributed by atoms with E-state index in [1.807, 2.05) is 30.3 Å². The van der Waals surface area contributed by atoms with Crippen LogP contribution in [0.3, 0.4) is 0 Å². The van der Waals surface area contributed by atoms with Crippen LogP contribution in [0.15, 0.2) is 48.5 Å². The molecule has 0 radical (unpaired) electrons. The van der Waals surface area contributed by atoms with E-state index < -0.39 is 6.61 Å². The number of benzene rings is 2. The van der Waals surface area contributed by atoms with Crippen LogP contribution in [-0.4, -0.2) is 12.5 Å². The number of hydrogen-bond acceptors (Lipinski definition) is 2. The Hall–Kier alpha value is -2.43. The molecule has 1 N–H and O–H groups in total. The number of rotatable bonds is 6. The molecule has 0 unspecified atom stereocenters. The van der Waals surface area contributed by atoms with E-state index in [2.05, 4.69) is 10.1 Å². The second-order valence-corrected chi connectivity index (χ2v) is 5.51. The van der Waals surface area contributed by atoms with Crippen molar-refractivity contribution in [2.75, 3.05) is 5.32 Å². The van der Waals surface area contributed by atoms with Gasteiger partial charge in [-0.2, -0.15) is 8.78 Å². The number of carbonyl (C=O) groups is 1. The summed E-state index contributed by atoms with van der Waals surface area (Å²) < 4.78 is 29.7. The summed E-state index contributed by atoms with van der Waals surface area (Å²) in [5.41, 5.74) is 2.13. The van der Waals surface area contributed by atoms with Gasteiger partial charge in [0.05, 0.1) is 0 Å². The second-order valence-electron chi connectivity index (χ2n) is 5.51. The van der Waals surface area contributed by atoms with E-state index in [-0.39, 0.29) is 17.6 Å². The minimum atomic E-state index is -2.89. The molecule has 5 heteroatoms. The zero-order valence-electron chi connectivity index (χ0n) is 13.1. The van der Waals surface area contributed by atoms with Crippen molar-refractivity contribution >= 4 is 11.6 Å². The molecule has 0 spiro atoms. The Morgan fingerprint density at radius 1 is 1.13 bits per heavy atom. The van der Waals surface area contributed by atoms with Crippen molar-refractivity contribution in [2.24, 2.45) is 5.92 Å². The molecule has 0 aliphatic heterocycles. The molecule has 0 aromatic heterocycles. The van der Waals surface area contributed by atoms with Crippen molar-refractivity contribution in [3.63, 3.8) is 0 Å². The Labute approximate surface area is 134 Å². The van der Waals surface area contributed by atoms with Gasteiger partial charge in [-0.25, -0.2) is 0 Å². The van der Waals surface area contributed by atoms with Crippen LogP contribution in [0.25, 0.3) is 0 Å². The highest BCUT2D eigenvalue weighted by atomic mass is 19.3. The predicted octanol–water partition coefficient (Wildman–Crippen LogP) is 4.47. The molecule has 0 saturated carbocycles. The van der Waals surface area contributed by atoms with Crippen molar-refractivity contribution in [1.29, 1.82) is 0 Å². The lowest BCUT2D eigenvalue weighted by molar-refractivity contribution is -0.118. The van der Waals surface area contributed by atoms with Gasteiger partial charge in [0.2, 0.25) is 5.91 Å². The molecular weight excluding hydrogens is 300 g/mol. The fourth-order valence-electron chi connectivity index (χ4n) is 2.11. The summed E-state index contributed by atoms with van der Waals surface area (Å²) in [7, 11) is 0. The Morgan fingerprint density at radius 2 is 1.83 bits per heavy atom. The summed E-state index contributed by atoms with van der Waals surface area (Å²) in [6.45, 7) is 0.684. The summed E-state index contributed by atoms with van der Waals surface area (Å²) in [4.78, 5) is 11.8. The Bertz CT molecular complexity index is 657. The highest BCUT2D eigenvalue weighted by Gasteiger charge is 2.13. The van der Waals surface area contributed by atoms with E-state index in [1.54, 1.807) is 26.0 Å². The van der Waals surface area contributed by atoms with Crippen molar-refractivity contribution in [3.05, 3.63) is 59.7 Å². The molecule has 0 aliphatic rings. The van der Waals surface area contributed by atoms with Gasteiger partial charge < -0.3 is 10.1 Å². The molecule has 23 heavy (non-hydrogen) atoms. The van der Waals surface area contributed by atoms with Gasteiger partial charge in [-0.05, 0) is 23.8 Å². The van der Waals surface area contributed by atoms with Gasteiger partial charge >= 0.3 is 6.61 Å². The first-order valence-electron chi connectivity index (χ1n) is 7.38. The lowest BCUT2D eigenvalue weighted by Gasteiger charge is -2.14. The molecule has 0 aliphatic carbocycles. The number of anilines is 1. The van der Waals surface area contributed by atoms with Crippen molar-refractivity contribution in [1.82, 2.24) is 0 Å². The Balaban J connectivity index is 2.28. The molecule has 2 aromatic rings. The number of halogens is 2. The van der Waals surface area contributed by atoms with Crippen molar-refractivity contribution in [2.45, 2.75) is 26.9 Å². The third-order valence-corrected chi connectivity index (χ3v) is 3.31. The van der Waals surface area contributed by atoms with E-state index in [0.717, 1.165) is 5.56 Å². The predicted molar refractivity (Wildman–Crippen MR) is 85.8 cm³/mol. The maximum absolute atomic E-state index is 12.6. The number of amides is 1. The minimum absolute atomic E-state index is 0.117. The molecule has 0 atom stereocenters. The topological polar surface area (TPSA) is 38.3 Å². The third-order valence-electron chi connectivity index (χ3n) is 3.31. The summed E-state index contributed by atoms with van der Waals surface area (Å²) in [6, 6.07) is 14.2. The number of ether oxygens (including phenoxy) is 1. The first-order chi connectivity index (χ1) is 11.0. The van der Waals surface area contributed by atoms with Crippen molar-refractivity contribution in [3.8, 4) is 5.75 Å². The maximum Gasteiger partial charge on any atom is 0.387 e. The van der Waals surface area contributed by atoms with Gasteiger partial charge in [-0.1, -0.05) is 44.2 Å². The highest BCUT2D eigenvalue weighted by Crippen LogP contribution is 2.27. The maximum atomic E-state index is 12.6. The van der Waals surface area contributed by atoms with Gasteiger partial charge in [0.1, 0.15) is 5.75 Å². The summed E-state index contributed by atoms with van der Waals surface area (Å²) in [5, 5.41) is 2.77. The molecule has 0 saturated heterocycles. The first kappa shape index (κ1) is 16.9. The molecule has 0 bridgehead atoms. The number of alkyl halides is 2. The van der Waals surface area contributed by atoms with Crippen LogP contribution in [0.1, 0.15) is 25.0 Å². The van der Waals surface area contributed by atoms with Gasteiger partial charge in [-0.3, -0.25) is 4.79 Å². The van der Waals surface area contributed by atoms with Crippen LogP contribution < -0.4 is 10.1 Å². The smallest absolute Gasteiger partial charge is 0.387 e. The molecule has 0 fully saturated rings. The monoisotopic (exact) mass is 319 g/mol. The van der Waals surface area contributed by atoms with E-state index in [9.17, 15) is 13.6 Å². The average molecular weight is 319 g/mol. The van der Waals surface area contributed by atoms with Crippen LogP contribution in [0, 0.1) is 5.92 Å². The molecule has 0 heterocycles. The zero-order chi connectivity index (χ0) is 16.8. The van der Waals surface area contributed by atoms with E-state index >= 15 is 0 Å². The number of carbonyl (C=O) groups excluding carboxylic acids is 1. The molecule has 3 nitrogen and oxygen atoms in total. The molecule has 1 amide bonds. The molecule has 122 valence electrons. The van der Waals surface area contributed by atoms with Crippen molar-refractivity contribution < 1.29 is 18.3 Å². The van der Waals surface area contributed by atoms with Gasteiger partial charge in [-0.15, -0.1) is 0 Å². The van der Waals surface area contributed by atoms with Gasteiger partial charge in [0.25, 0.3) is 0 Å². The average Bonchev–Trinajstić information content (AvgIpc) is 2.50. The lowest BCUT2D eigenvalue weighted by atomic mass is 10.0. The summed E-state index contributed by atoms with van der Waals surface area (Å²) in [6.07, 6.45) is 0.439. The normalized spacial score (nSPS) is 10.9. The Kier molecular flexibility index (Phi) is 5.68. The standard InChI is InChI=1S/C18H19F2NO2/c1-12(2)17(22)21-15-8-9-16(23-18(19)20)14(11-15)10-13-6-4-3-5-7-13/h3-9,11-12,18H,10H2,1-2H3,(H,21,22). The molecular formula is C18H19F2NO2. The minimum Gasteiger partial charge on any atom is -0.435 e. The van der Waals surface area contributed by atoms with E-state index in [1.165, 1.54) is 6.07 Å². The largest absolute Gasteiger partial charge is 0.435 e. The van der Waals surface area contributed by atoms with E-state index in [0.29, 0.717) is 17.7 Å². The fourth-order valence-corrected chi connectivity index (χ4v) is 2.11. The molecule has 2 rings (SSSR count). The van der Waals surface area contributed by atoms with Crippen LogP contribution in [0.5, 0.6) is 5.75 Å². The summed E-state index contributed by atoms with van der Waals surface area (Å²) in [5.74, 6) is -0.172. The quantitative estimate of drug-likeness (QED) is 0.853. The van der Waals surface area contributed by atoms with Crippen LogP contribution in [-0.2, 0) is 11.2 Å². The number of hydrogen-bond donors (Lipinski definition) is 1. The SMILES string of the molecule is CC(C)C(=O)Nc1ccc(OC(F)F)c(Cc2ccccc2)c1. The highest BCUT2D eigenvalue weighted by molar-refractivity contribution is 5.92. The third kappa shape index (κ3) is 5.06. The Morgan fingerprint density at radius 3 is 2.43 bits per heavy atom. The summed E-state index contributed by atoms with van der Waals surface area (Å²) >= 11 is 0. The van der Waals surface area contributed by atoms with Gasteiger partial charge in [0.15, 0.2) is 0 Å². The van der Waals surface area contributed by atoms with Crippen LogP contribution in [0.4, 0.5) is 14.5 Å². The lowest BCUT2D eigenvalue weighted by Crippen LogP contribution is -2.18. The van der Waals surface area contributed by atoms with E-state index in [4.69, 9.17) is 0 Å². The number of nitrogens with one attached hydrogen (secondary N) is 1. The van der Waals surface area contributed by atoms with Crippen LogP contribution in [0.2, 0.25) is 0 Å². The zero-order valence-corrected chi connectivity index (χ0v) is 13.1. The second kappa shape index (κ2) is 7.72. The van der Waals surface area contributed by atoms with Crippen LogP contribution >= 0.6 is 0 Å².